The van der Waals surface area contributed by atoms with Crippen LogP contribution >= 0.6 is 23.2 Å². The smallest absolute Gasteiger partial charge is 0.273 e. The Morgan fingerprint density at radius 3 is 2.64 bits per heavy atom. The number of nitrogens with one attached hydrogen (secondary N) is 1. The van der Waals surface area contributed by atoms with Crippen molar-refractivity contribution < 1.29 is 18.7 Å². The van der Waals surface area contributed by atoms with Gasteiger partial charge < -0.3 is 24.9 Å². The summed E-state index contributed by atoms with van der Waals surface area (Å²) in [6, 6.07) is 4.80. The molecule has 1 fully saturated rings. The molecule has 2 aromatic heterocycles. The lowest BCUT2D eigenvalue weighted by molar-refractivity contribution is 0.0944. The van der Waals surface area contributed by atoms with E-state index in [0.717, 1.165) is 0 Å². The van der Waals surface area contributed by atoms with Crippen molar-refractivity contribution in [2.24, 2.45) is 11.7 Å². The molecule has 0 spiro atoms. The fourth-order valence-corrected chi connectivity index (χ4v) is 3.70. The van der Waals surface area contributed by atoms with Crippen LogP contribution in [-0.2, 0) is 6.54 Å². The molecule has 1 atom stereocenters. The van der Waals surface area contributed by atoms with Crippen molar-refractivity contribution in [1.82, 2.24) is 15.3 Å². The Morgan fingerprint density at radius 2 is 2.00 bits per heavy atom. The van der Waals surface area contributed by atoms with Crippen molar-refractivity contribution >= 4 is 29.1 Å². The minimum Gasteiger partial charge on any atom is -0.493 e. The summed E-state index contributed by atoms with van der Waals surface area (Å²) >= 11 is 12.3. The Balaban J connectivity index is 1.58. The molecule has 1 aliphatic carbocycles. The Morgan fingerprint density at radius 1 is 1.27 bits per heavy atom. The highest BCUT2D eigenvalue weighted by Gasteiger charge is 2.25. The maximum atomic E-state index is 12.9. The number of methoxy groups -OCH3 is 1. The van der Waals surface area contributed by atoms with Crippen LogP contribution in [0.4, 0.5) is 0 Å². The summed E-state index contributed by atoms with van der Waals surface area (Å²) in [6.07, 6.45) is 5.27. The van der Waals surface area contributed by atoms with Gasteiger partial charge in [0, 0.05) is 30.1 Å². The van der Waals surface area contributed by atoms with Crippen LogP contribution in [0.1, 0.15) is 47.6 Å². The van der Waals surface area contributed by atoms with E-state index in [0.29, 0.717) is 45.2 Å². The van der Waals surface area contributed by atoms with Gasteiger partial charge in [-0.05, 0) is 43.9 Å². The average molecular weight is 491 g/mol. The van der Waals surface area contributed by atoms with Gasteiger partial charge in [-0.2, -0.15) is 0 Å². The van der Waals surface area contributed by atoms with Crippen molar-refractivity contribution in [1.29, 1.82) is 0 Å². The molecule has 0 unspecified atom stereocenters. The predicted molar refractivity (Wildman–Crippen MR) is 125 cm³/mol. The first kappa shape index (κ1) is 23.4. The molecule has 10 heteroatoms. The summed E-state index contributed by atoms with van der Waals surface area (Å²) in [4.78, 5) is 21.3. The molecule has 1 aliphatic rings. The van der Waals surface area contributed by atoms with E-state index >= 15 is 0 Å². The molecule has 1 aromatic carbocycles. The number of pyridine rings is 1. The summed E-state index contributed by atoms with van der Waals surface area (Å²) in [5.41, 5.74) is 7.35. The third-order valence-corrected chi connectivity index (χ3v) is 5.89. The number of aromatic nitrogens is 2. The number of carbonyl (C=O) groups excluding carboxylic acids is 1. The molecule has 0 radical (unpaired) electrons. The first-order valence-corrected chi connectivity index (χ1v) is 11.3. The number of ether oxygens (including phenoxy) is 2. The first-order valence-electron chi connectivity index (χ1n) is 10.5. The van der Waals surface area contributed by atoms with Crippen LogP contribution in [0.3, 0.4) is 0 Å². The molecule has 0 saturated heterocycles. The normalized spacial score (nSPS) is 14.1. The van der Waals surface area contributed by atoms with Gasteiger partial charge in [0.25, 0.3) is 5.91 Å². The van der Waals surface area contributed by atoms with Crippen LogP contribution in [0.15, 0.2) is 35.0 Å². The van der Waals surface area contributed by atoms with Gasteiger partial charge in [0.15, 0.2) is 23.0 Å². The van der Waals surface area contributed by atoms with Crippen LogP contribution in [0.5, 0.6) is 11.5 Å². The van der Waals surface area contributed by atoms with Crippen molar-refractivity contribution in [2.75, 3.05) is 13.7 Å². The number of oxazole rings is 1. The number of amides is 1. The van der Waals surface area contributed by atoms with Gasteiger partial charge in [0.05, 0.1) is 29.8 Å². The first-order chi connectivity index (χ1) is 15.9. The Bertz CT molecular complexity index is 1140. The van der Waals surface area contributed by atoms with E-state index in [-0.39, 0.29) is 23.9 Å². The average Bonchev–Trinajstić information content (AvgIpc) is 3.51. The number of nitrogens with zero attached hydrogens (tertiary/aromatic N) is 2. The molecular weight excluding hydrogens is 467 g/mol. The SMILES string of the molecule is COc1ccc(-c2nc(C(=O)NCc3c(Cl)cncc3Cl)c([C@H](C)N)o2)cc1OCC1CC1. The van der Waals surface area contributed by atoms with E-state index in [1.165, 1.54) is 25.2 Å². The summed E-state index contributed by atoms with van der Waals surface area (Å²) in [5, 5.41) is 3.48. The number of rotatable bonds is 9. The summed E-state index contributed by atoms with van der Waals surface area (Å²) in [7, 11) is 1.59. The lowest BCUT2D eigenvalue weighted by Crippen LogP contribution is -2.25. The monoisotopic (exact) mass is 490 g/mol. The quantitative estimate of drug-likeness (QED) is 0.443. The van der Waals surface area contributed by atoms with Gasteiger partial charge >= 0.3 is 0 Å². The summed E-state index contributed by atoms with van der Waals surface area (Å²) in [5.74, 6) is 1.86. The molecule has 174 valence electrons. The van der Waals surface area contributed by atoms with Gasteiger partial charge in [-0.1, -0.05) is 23.2 Å². The molecule has 3 N–H and O–H groups in total. The molecule has 33 heavy (non-hydrogen) atoms. The van der Waals surface area contributed by atoms with Crippen molar-refractivity contribution in [3.63, 3.8) is 0 Å². The van der Waals surface area contributed by atoms with E-state index in [1.807, 2.05) is 0 Å². The second-order valence-electron chi connectivity index (χ2n) is 7.90. The Labute approximate surface area is 201 Å². The van der Waals surface area contributed by atoms with Crippen LogP contribution in [0.2, 0.25) is 10.0 Å². The topological polar surface area (TPSA) is 112 Å². The van der Waals surface area contributed by atoms with Gasteiger partial charge in [-0.3, -0.25) is 9.78 Å². The summed E-state index contributed by atoms with van der Waals surface area (Å²) < 4.78 is 17.2. The highest BCUT2D eigenvalue weighted by Crippen LogP contribution is 2.36. The molecule has 8 nitrogen and oxygen atoms in total. The van der Waals surface area contributed by atoms with E-state index in [4.69, 9.17) is 42.8 Å². The van der Waals surface area contributed by atoms with E-state index < -0.39 is 11.9 Å². The van der Waals surface area contributed by atoms with Gasteiger partial charge in [0.1, 0.15) is 0 Å². The van der Waals surface area contributed by atoms with Crippen molar-refractivity contribution in [2.45, 2.75) is 32.4 Å². The van der Waals surface area contributed by atoms with Crippen molar-refractivity contribution in [3.05, 3.63) is 57.7 Å². The lowest BCUT2D eigenvalue weighted by Gasteiger charge is -2.11. The molecule has 0 bridgehead atoms. The van der Waals surface area contributed by atoms with E-state index in [9.17, 15) is 4.79 Å². The summed E-state index contributed by atoms with van der Waals surface area (Å²) in [6.45, 7) is 2.45. The number of nitrogens with two attached hydrogens (primary N) is 1. The zero-order chi connectivity index (χ0) is 23.5. The second kappa shape index (κ2) is 9.99. The molecule has 4 rings (SSSR count). The highest BCUT2D eigenvalue weighted by molar-refractivity contribution is 6.35. The van der Waals surface area contributed by atoms with Gasteiger partial charge in [-0.25, -0.2) is 4.98 Å². The zero-order valence-corrected chi connectivity index (χ0v) is 19.7. The van der Waals surface area contributed by atoms with Crippen molar-refractivity contribution in [3.8, 4) is 23.0 Å². The Hall–Kier alpha value is -2.81. The Kier molecular flexibility index (Phi) is 7.07. The van der Waals surface area contributed by atoms with E-state index in [2.05, 4.69) is 15.3 Å². The molecular formula is C23H24Cl2N4O4. The van der Waals surface area contributed by atoms with Gasteiger partial charge in [-0.15, -0.1) is 0 Å². The van der Waals surface area contributed by atoms with Crippen LogP contribution in [-0.4, -0.2) is 29.6 Å². The molecule has 2 heterocycles. The number of carbonyl (C=O) groups is 1. The van der Waals surface area contributed by atoms with Gasteiger partial charge in [0.2, 0.25) is 5.89 Å². The highest BCUT2D eigenvalue weighted by atomic mass is 35.5. The molecule has 1 amide bonds. The minimum absolute atomic E-state index is 0.0950. The fourth-order valence-electron chi connectivity index (χ4n) is 3.20. The molecule has 0 aliphatic heterocycles. The number of hydrogen-bond donors (Lipinski definition) is 2. The maximum Gasteiger partial charge on any atom is 0.273 e. The predicted octanol–water partition coefficient (Wildman–Crippen LogP) is 4.79. The number of hydrogen-bond acceptors (Lipinski definition) is 7. The fraction of sp³-hybridized carbons (Fsp3) is 0.348. The molecule has 3 aromatic rings. The molecule has 1 saturated carbocycles. The largest absolute Gasteiger partial charge is 0.493 e. The third-order valence-electron chi connectivity index (χ3n) is 5.24. The van der Waals surface area contributed by atoms with Crippen LogP contribution in [0.25, 0.3) is 11.5 Å². The number of halogens is 2. The van der Waals surface area contributed by atoms with E-state index in [1.54, 1.807) is 32.2 Å². The van der Waals surface area contributed by atoms with Crippen LogP contribution < -0.4 is 20.5 Å². The second-order valence-corrected chi connectivity index (χ2v) is 8.72. The van der Waals surface area contributed by atoms with Crippen LogP contribution in [0, 0.1) is 5.92 Å². The maximum absolute atomic E-state index is 12.9. The third kappa shape index (κ3) is 5.40. The minimum atomic E-state index is -0.552. The lowest BCUT2D eigenvalue weighted by atomic mass is 10.2. The number of benzene rings is 1. The standard InChI is InChI=1S/C23H24Cl2N4O4/c1-12(26)21-20(22(30)28-8-15-16(24)9-27-10-17(15)25)29-23(33-21)14-5-6-18(31-2)19(7-14)32-11-13-3-4-13/h5-7,9-10,12-13H,3-4,8,11,26H2,1-2H3,(H,28,30)/t12-/m0/s1. The zero-order valence-electron chi connectivity index (χ0n) is 18.2.